The van der Waals surface area contributed by atoms with Gasteiger partial charge in [-0.25, -0.2) is 4.79 Å². The second kappa shape index (κ2) is 5.16. The Morgan fingerprint density at radius 3 is 2.33 bits per heavy atom. The summed E-state index contributed by atoms with van der Waals surface area (Å²) in [7, 11) is 0. The molecule has 0 fully saturated rings. The van der Waals surface area contributed by atoms with Crippen molar-refractivity contribution in [1.82, 2.24) is 5.32 Å². The van der Waals surface area contributed by atoms with Gasteiger partial charge in [0.1, 0.15) is 5.60 Å². The van der Waals surface area contributed by atoms with Gasteiger partial charge in [0.15, 0.2) is 0 Å². The largest absolute Gasteiger partial charge is 0.444 e. The van der Waals surface area contributed by atoms with Crippen molar-refractivity contribution < 1.29 is 14.6 Å². The van der Waals surface area contributed by atoms with E-state index in [0.717, 1.165) is 0 Å². The summed E-state index contributed by atoms with van der Waals surface area (Å²) in [5.41, 5.74) is -1.15. The Morgan fingerprint density at radius 1 is 1.47 bits per heavy atom. The molecule has 2 N–H and O–H groups in total. The number of carbonyl (C=O) groups excluding carboxylic acids is 1. The van der Waals surface area contributed by atoms with Crippen molar-refractivity contribution in [2.45, 2.75) is 45.3 Å². The molecule has 1 atom stereocenters. The van der Waals surface area contributed by atoms with Crippen molar-refractivity contribution in [3.63, 3.8) is 0 Å². The Kier molecular flexibility index (Phi) is 4.81. The predicted octanol–water partition coefficient (Wildman–Crippen LogP) is 1.84. The van der Waals surface area contributed by atoms with Gasteiger partial charge in [-0.1, -0.05) is 6.08 Å². The zero-order valence-corrected chi connectivity index (χ0v) is 9.96. The molecule has 4 nitrogen and oxygen atoms in total. The van der Waals surface area contributed by atoms with Crippen LogP contribution >= 0.6 is 0 Å². The van der Waals surface area contributed by atoms with Gasteiger partial charge in [0.2, 0.25) is 0 Å². The van der Waals surface area contributed by atoms with Crippen molar-refractivity contribution in [2.75, 3.05) is 6.61 Å². The molecule has 0 saturated carbocycles. The fourth-order valence-electron chi connectivity index (χ4n) is 0.985. The molecule has 0 aromatic rings. The lowest BCUT2D eigenvalue weighted by Gasteiger charge is -2.28. The van der Waals surface area contributed by atoms with Crippen molar-refractivity contribution >= 4 is 6.09 Å². The fraction of sp³-hybridized carbons (Fsp3) is 0.727. The lowest BCUT2D eigenvalue weighted by Crippen LogP contribution is -2.47. The monoisotopic (exact) mass is 215 g/mol. The fourth-order valence-corrected chi connectivity index (χ4v) is 0.985. The average Bonchev–Trinajstić information content (AvgIpc) is 2.00. The first-order valence-electron chi connectivity index (χ1n) is 4.98. The molecule has 0 aromatic carbocycles. The predicted molar refractivity (Wildman–Crippen MR) is 59.7 cm³/mol. The smallest absolute Gasteiger partial charge is 0.408 e. The Labute approximate surface area is 91.3 Å². The molecule has 15 heavy (non-hydrogen) atoms. The second-order valence-electron chi connectivity index (χ2n) is 4.72. The Morgan fingerprint density at radius 2 is 2.00 bits per heavy atom. The number of aliphatic hydroxyl groups is 1. The van der Waals surface area contributed by atoms with Crippen LogP contribution in [0.3, 0.4) is 0 Å². The summed E-state index contributed by atoms with van der Waals surface area (Å²) in [4.78, 5) is 11.4. The van der Waals surface area contributed by atoms with Crippen molar-refractivity contribution in [2.24, 2.45) is 0 Å². The average molecular weight is 215 g/mol. The summed E-state index contributed by atoms with van der Waals surface area (Å²) in [5, 5.41) is 11.5. The van der Waals surface area contributed by atoms with Crippen LogP contribution in [0.2, 0.25) is 0 Å². The SMILES string of the molecule is C=CC(C)(CCO)NC(=O)OC(C)(C)C. The van der Waals surface area contributed by atoms with Crippen molar-refractivity contribution in [3.8, 4) is 0 Å². The van der Waals surface area contributed by atoms with Crippen LogP contribution in [0.4, 0.5) is 4.79 Å². The molecule has 0 aliphatic rings. The number of hydrogen-bond acceptors (Lipinski definition) is 3. The van der Waals surface area contributed by atoms with E-state index < -0.39 is 17.2 Å². The van der Waals surface area contributed by atoms with E-state index in [4.69, 9.17) is 9.84 Å². The molecule has 1 amide bonds. The number of ether oxygens (including phenoxy) is 1. The molecule has 0 bridgehead atoms. The molecule has 88 valence electrons. The molecule has 0 spiro atoms. The molecule has 0 aromatic heterocycles. The van der Waals surface area contributed by atoms with Crippen LogP contribution in [0.15, 0.2) is 12.7 Å². The normalized spacial score (nSPS) is 15.3. The van der Waals surface area contributed by atoms with E-state index >= 15 is 0 Å². The van der Waals surface area contributed by atoms with Gasteiger partial charge in [0.05, 0.1) is 5.54 Å². The van der Waals surface area contributed by atoms with Crippen LogP contribution in [0, 0.1) is 0 Å². The first-order chi connectivity index (χ1) is 6.72. The van der Waals surface area contributed by atoms with E-state index in [1.165, 1.54) is 0 Å². The molecule has 0 rings (SSSR count). The summed E-state index contributed by atoms with van der Waals surface area (Å²) in [5.74, 6) is 0. The molecule has 4 heteroatoms. The van der Waals surface area contributed by atoms with Gasteiger partial charge in [-0.15, -0.1) is 6.58 Å². The van der Waals surface area contributed by atoms with E-state index in [0.29, 0.717) is 6.42 Å². The molecule has 0 heterocycles. The summed E-state index contributed by atoms with van der Waals surface area (Å²) >= 11 is 0. The third-order valence-electron chi connectivity index (χ3n) is 1.87. The first kappa shape index (κ1) is 14.0. The highest BCUT2D eigenvalue weighted by atomic mass is 16.6. The highest BCUT2D eigenvalue weighted by Gasteiger charge is 2.25. The van der Waals surface area contributed by atoms with Gasteiger partial charge in [-0.2, -0.15) is 0 Å². The quantitative estimate of drug-likeness (QED) is 0.703. The van der Waals surface area contributed by atoms with Gasteiger partial charge in [0, 0.05) is 6.61 Å². The van der Waals surface area contributed by atoms with E-state index in [-0.39, 0.29) is 6.61 Å². The minimum atomic E-state index is -0.628. The van der Waals surface area contributed by atoms with Gasteiger partial charge >= 0.3 is 6.09 Å². The summed E-state index contributed by atoms with van der Waals surface area (Å²) in [6.45, 7) is 10.8. The number of amides is 1. The summed E-state index contributed by atoms with van der Waals surface area (Å²) in [6, 6.07) is 0. The number of aliphatic hydroxyl groups excluding tert-OH is 1. The van der Waals surface area contributed by atoms with Crippen molar-refractivity contribution in [1.29, 1.82) is 0 Å². The van der Waals surface area contributed by atoms with Gasteiger partial charge in [-0.3, -0.25) is 0 Å². The number of alkyl carbamates (subject to hydrolysis) is 1. The molecule has 1 unspecified atom stereocenters. The Hall–Kier alpha value is -1.03. The van der Waals surface area contributed by atoms with E-state index in [2.05, 4.69) is 11.9 Å². The van der Waals surface area contributed by atoms with Crippen LogP contribution < -0.4 is 5.32 Å². The number of hydrogen-bond donors (Lipinski definition) is 2. The minimum Gasteiger partial charge on any atom is -0.444 e. The number of nitrogens with one attached hydrogen (secondary N) is 1. The Balaban J connectivity index is 4.31. The molecule has 0 aliphatic heterocycles. The van der Waals surface area contributed by atoms with Gasteiger partial charge in [-0.05, 0) is 34.1 Å². The summed E-state index contributed by atoms with van der Waals surface area (Å²) < 4.78 is 5.10. The topological polar surface area (TPSA) is 58.6 Å². The molecular weight excluding hydrogens is 194 g/mol. The summed E-state index contributed by atoms with van der Waals surface area (Å²) in [6.07, 6.45) is 1.50. The van der Waals surface area contributed by atoms with E-state index in [9.17, 15) is 4.79 Å². The maximum atomic E-state index is 11.4. The Bertz CT molecular complexity index is 232. The van der Waals surface area contributed by atoms with Crippen LogP contribution in [-0.2, 0) is 4.74 Å². The highest BCUT2D eigenvalue weighted by Crippen LogP contribution is 2.13. The standard InChI is InChI=1S/C11H21NO3/c1-6-11(5,7-8-13)12-9(14)15-10(2,3)4/h6,13H,1,7-8H2,2-5H3,(H,12,14). The first-order valence-corrected chi connectivity index (χ1v) is 4.98. The lowest BCUT2D eigenvalue weighted by atomic mass is 9.99. The number of carbonyl (C=O) groups is 1. The van der Waals surface area contributed by atoms with Crippen LogP contribution in [0.1, 0.15) is 34.1 Å². The lowest BCUT2D eigenvalue weighted by molar-refractivity contribution is 0.0474. The number of rotatable bonds is 4. The molecular formula is C11H21NO3. The zero-order valence-electron chi connectivity index (χ0n) is 9.96. The third-order valence-corrected chi connectivity index (χ3v) is 1.87. The van der Waals surface area contributed by atoms with Crippen LogP contribution in [-0.4, -0.2) is 28.9 Å². The van der Waals surface area contributed by atoms with Crippen LogP contribution in [0.25, 0.3) is 0 Å². The third kappa shape index (κ3) is 6.12. The molecule has 0 radical (unpaired) electrons. The minimum absolute atomic E-state index is 0.0156. The highest BCUT2D eigenvalue weighted by molar-refractivity contribution is 5.69. The molecule has 0 aliphatic carbocycles. The van der Waals surface area contributed by atoms with Gasteiger partial charge in [0.25, 0.3) is 0 Å². The maximum Gasteiger partial charge on any atom is 0.408 e. The van der Waals surface area contributed by atoms with Crippen LogP contribution in [0.5, 0.6) is 0 Å². The molecule has 0 saturated heterocycles. The second-order valence-corrected chi connectivity index (χ2v) is 4.72. The van der Waals surface area contributed by atoms with Crippen molar-refractivity contribution in [3.05, 3.63) is 12.7 Å². The zero-order chi connectivity index (χ0) is 12.1. The van der Waals surface area contributed by atoms with E-state index in [1.54, 1.807) is 33.8 Å². The van der Waals surface area contributed by atoms with E-state index in [1.807, 2.05) is 0 Å². The van der Waals surface area contributed by atoms with Gasteiger partial charge < -0.3 is 15.2 Å². The maximum absolute atomic E-state index is 11.4.